The van der Waals surface area contributed by atoms with Crippen molar-refractivity contribution in [2.45, 2.75) is 38.5 Å². The molecular formula is C21H22F3N5O4. The van der Waals surface area contributed by atoms with Crippen LogP contribution in [-0.2, 0) is 9.59 Å². The molecule has 2 aliphatic heterocycles. The van der Waals surface area contributed by atoms with Crippen LogP contribution in [0, 0.1) is 5.92 Å². The van der Waals surface area contributed by atoms with Gasteiger partial charge >= 0.3 is 6.36 Å². The largest absolute Gasteiger partial charge is 0.573 e. The zero-order valence-electron chi connectivity index (χ0n) is 17.7. The lowest BCUT2D eigenvalue weighted by atomic mass is 9.92. The van der Waals surface area contributed by atoms with Gasteiger partial charge in [-0.05, 0) is 43.0 Å². The number of fused-ring (bicyclic) bond motifs is 1. The second-order valence-electron chi connectivity index (χ2n) is 8.19. The Morgan fingerprint density at radius 3 is 2.48 bits per heavy atom. The highest BCUT2D eigenvalue weighted by Crippen LogP contribution is 2.31. The summed E-state index contributed by atoms with van der Waals surface area (Å²) in [5.41, 5.74) is -0.300. The maximum absolute atomic E-state index is 12.9. The first-order chi connectivity index (χ1) is 15.6. The average Bonchev–Trinajstić information content (AvgIpc) is 2.73. The van der Waals surface area contributed by atoms with Gasteiger partial charge in [0.15, 0.2) is 0 Å². The lowest BCUT2D eigenvalue weighted by Crippen LogP contribution is -2.39. The first-order valence-corrected chi connectivity index (χ1v) is 10.4. The van der Waals surface area contributed by atoms with Crippen LogP contribution in [0.25, 0.3) is 0 Å². The van der Waals surface area contributed by atoms with Crippen molar-refractivity contribution in [2.24, 2.45) is 5.92 Å². The number of hydrogen-bond donors (Lipinski definition) is 3. The van der Waals surface area contributed by atoms with Gasteiger partial charge in [-0.2, -0.15) is 4.98 Å². The van der Waals surface area contributed by atoms with Crippen LogP contribution < -0.4 is 25.8 Å². The number of aromatic amines is 1. The number of H-pyrrole nitrogens is 1. The van der Waals surface area contributed by atoms with Gasteiger partial charge in [0.1, 0.15) is 11.6 Å². The maximum Gasteiger partial charge on any atom is 0.573 e. The first-order valence-electron chi connectivity index (χ1n) is 10.4. The molecular weight excluding hydrogens is 443 g/mol. The molecule has 176 valence electrons. The molecule has 2 aliphatic rings. The number of halogens is 3. The minimum Gasteiger partial charge on any atom is -0.406 e. The van der Waals surface area contributed by atoms with Crippen molar-refractivity contribution in [3.05, 3.63) is 40.2 Å². The Kier molecular flexibility index (Phi) is 6.00. The summed E-state index contributed by atoms with van der Waals surface area (Å²) in [6, 6.07) is 4.55. The second-order valence-corrected chi connectivity index (χ2v) is 8.19. The predicted octanol–water partition coefficient (Wildman–Crippen LogP) is 2.97. The van der Waals surface area contributed by atoms with E-state index in [0.29, 0.717) is 11.9 Å². The molecule has 2 aromatic rings. The van der Waals surface area contributed by atoms with E-state index in [4.69, 9.17) is 0 Å². The molecule has 0 bridgehead atoms. The second kappa shape index (κ2) is 8.75. The molecule has 4 rings (SSSR count). The molecule has 1 aromatic heterocycles. The number of amides is 2. The quantitative estimate of drug-likeness (QED) is 0.639. The summed E-state index contributed by atoms with van der Waals surface area (Å²) in [4.78, 5) is 47.0. The standard InChI is InChI=1S/C21H22F3N5O4/c1-11-6-8-29(9-7-11)20-27-17-16(19(32)28-20)14(10-15(30)26-17)18(31)25-12-2-4-13(5-3-12)33-21(22,23)24/h2-5,11,14H,6-10H2,1H3,(H,25,31)(H2,26,27,28,30,32)/t14-/m0/s1. The van der Waals surface area contributed by atoms with Gasteiger partial charge in [0.25, 0.3) is 5.56 Å². The number of piperidine rings is 1. The van der Waals surface area contributed by atoms with Crippen LogP contribution in [0.3, 0.4) is 0 Å². The molecule has 0 spiro atoms. The number of carbonyl (C=O) groups is 2. The van der Waals surface area contributed by atoms with Crippen LogP contribution in [0.5, 0.6) is 5.75 Å². The monoisotopic (exact) mass is 465 g/mol. The van der Waals surface area contributed by atoms with Crippen molar-refractivity contribution in [1.29, 1.82) is 0 Å². The Morgan fingerprint density at radius 2 is 1.85 bits per heavy atom. The van der Waals surface area contributed by atoms with Gasteiger partial charge in [-0.15, -0.1) is 13.2 Å². The first kappa shape index (κ1) is 22.6. The number of rotatable bonds is 4. The number of carbonyl (C=O) groups excluding carboxylic acids is 2. The Bertz CT molecular complexity index is 1110. The molecule has 1 aromatic carbocycles. The van der Waals surface area contributed by atoms with Gasteiger partial charge in [0.2, 0.25) is 17.8 Å². The zero-order chi connectivity index (χ0) is 23.8. The summed E-state index contributed by atoms with van der Waals surface area (Å²) in [7, 11) is 0. The van der Waals surface area contributed by atoms with E-state index >= 15 is 0 Å². The molecule has 1 fully saturated rings. The van der Waals surface area contributed by atoms with Crippen LogP contribution in [0.15, 0.2) is 29.1 Å². The third-order valence-corrected chi connectivity index (χ3v) is 5.69. The molecule has 0 saturated carbocycles. The van der Waals surface area contributed by atoms with Gasteiger partial charge in [0.05, 0.1) is 11.5 Å². The Morgan fingerprint density at radius 1 is 1.18 bits per heavy atom. The number of benzene rings is 1. The summed E-state index contributed by atoms with van der Waals surface area (Å²) < 4.78 is 40.7. The minimum absolute atomic E-state index is 0.0395. The molecule has 9 nitrogen and oxygen atoms in total. The third-order valence-electron chi connectivity index (χ3n) is 5.69. The van der Waals surface area contributed by atoms with Crippen LogP contribution in [0.4, 0.5) is 30.6 Å². The van der Waals surface area contributed by atoms with Crippen molar-refractivity contribution < 1.29 is 27.5 Å². The van der Waals surface area contributed by atoms with Crippen molar-refractivity contribution >= 4 is 29.3 Å². The van der Waals surface area contributed by atoms with Gasteiger partial charge in [0, 0.05) is 25.2 Å². The molecule has 12 heteroatoms. The molecule has 3 heterocycles. The highest BCUT2D eigenvalue weighted by Gasteiger charge is 2.35. The Labute approximate surface area is 186 Å². The van der Waals surface area contributed by atoms with Crippen molar-refractivity contribution in [2.75, 3.05) is 28.6 Å². The van der Waals surface area contributed by atoms with Crippen molar-refractivity contribution in [3.63, 3.8) is 0 Å². The fraction of sp³-hybridized carbons (Fsp3) is 0.429. The number of nitrogens with one attached hydrogen (secondary N) is 3. The van der Waals surface area contributed by atoms with E-state index in [1.165, 1.54) is 12.1 Å². The summed E-state index contributed by atoms with van der Waals surface area (Å²) >= 11 is 0. The fourth-order valence-corrected chi connectivity index (χ4v) is 3.92. The molecule has 0 aliphatic carbocycles. The van der Waals surface area contributed by atoms with Crippen LogP contribution in [0.1, 0.15) is 37.7 Å². The third kappa shape index (κ3) is 5.26. The van der Waals surface area contributed by atoms with E-state index in [1.54, 1.807) is 0 Å². The summed E-state index contributed by atoms with van der Waals surface area (Å²) in [6.45, 7) is 3.59. The highest BCUT2D eigenvalue weighted by molar-refractivity contribution is 6.04. The van der Waals surface area contributed by atoms with Gasteiger partial charge in [-0.1, -0.05) is 6.92 Å². The topological polar surface area (TPSA) is 116 Å². The molecule has 1 saturated heterocycles. The fourth-order valence-electron chi connectivity index (χ4n) is 3.92. The Balaban J connectivity index is 1.54. The van der Waals surface area contributed by atoms with Gasteiger partial charge < -0.3 is 20.3 Å². The smallest absolute Gasteiger partial charge is 0.406 e. The van der Waals surface area contributed by atoms with Gasteiger partial charge in [-0.25, -0.2) is 0 Å². The number of alkyl halides is 3. The van der Waals surface area contributed by atoms with Crippen molar-refractivity contribution in [3.8, 4) is 5.75 Å². The highest BCUT2D eigenvalue weighted by atomic mass is 19.4. The maximum atomic E-state index is 12.9. The van der Waals surface area contributed by atoms with E-state index in [9.17, 15) is 27.6 Å². The van der Waals surface area contributed by atoms with E-state index in [0.717, 1.165) is 38.1 Å². The molecule has 1 atom stereocenters. The van der Waals surface area contributed by atoms with E-state index in [-0.39, 0.29) is 23.5 Å². The summed E-state index contributed by atoms with van der Waals surface area (Å²) in [5.74, 6) is -1.71. The van der Waals surface area contributed by atoms with E-state index in [2.05, 4.69) is 32.3 Å². The molecule has 3 N–H and O–H groups in total. The molecule has 0 radical (unpaired) electrons. The average molecular weight is 465 g/mol. The number of hydrogen-bond acceptors (Lipinski definition) is 6. The predicted molar refractivity (Wildman–Crippen MR) is 113 cm³/mol. The van der Waals surface area contributed by atoms with E-state index < -0.39 is 35.4 Å². The van der Waals surface area contributed by atoms with Crippen molar-refractivity contribution in [1.82, 2.24) is 9.97 Å². The summed E-state index contributed by atoms with van der Waals surface area (Å²) in [5, 5.41) is 5.09. The molecule has 2 amide bonds. The summed E-state index contributed by atoms with van der Waals surface area (Å²) in [6.07, 6.45) is -3.20. The number of aromatic nitrogens is 2. The molecule has 33 heavy (non-hydrogen) atoms. The molecule has 0 unspecified atom stereocenters. The lowest BCUT2D eigenvalue weighted by molar-refractivity contribution is -0.274. The van der Waals surface area contributed by atoms with Gasteiger partial charge in [-0.3, -0.25) is 19.4 Å². The van der Waals surface area contributed by atoms with Crippen LogP contribution >= 0.6 is 0 Å². The minimum atomic E-state index is -4.83. The Hall–Kier alpha value is -3.57. The van der Waals surface area contributed by atoms with Crippen LogP contribution in [-0.4, -0.2) is 41.2 Å². The SMILES string of the molecule is CC1CCN(c2nc3c(c(=O)[nH]2)[C@@H](C(=O)Nc2ccc(OC(F)(F)F)cc2)CC(=O)N3)CC1. The normalized spacial score (nSPS) is 19.0. The number of anilines is 3. The van der Waals surface area contributed by atoms with E-state index in [1.807, 2.05) is 4.90 Å². The zero-order valence-corrected chi connectivity index (χ0v) is 17.7. The number of ether oxygens (including phenoxy) is 1. The lowest BCUT2D eigenvalue weighted by Gasteiger charge is -2.31. The number of nitrogens with zero attached hydrogens (tertiary/aromatic N) is 2. The van der Waals surface area contributed by atoms with Crippen LogP contribution in [0.2, 0.25) is 0 Å².